The zero-order chi connectivity index (χ0) is 16.9. The van der Waals surface area contributed by atoms with Gasteiger partial charge in [0.1, 0.15) is 6.61 Å². The number of guanidine groups is 1. The van der Waals surface area contributed by atoms with Crippen LogP contribution in [0.1, 0.15) is 12.5 Å². The quantitative estimate of drug-likeness (QED) is 0.200. The highest BCUT2D eigenvalue weighted by Gasteiger charge is 2.06. The Bertz CT molecular complexity index is 544. The minimum Gasteiger partial charge on any atom is -0.493 e. The van der Waals surface area contributed by atoms with E-state index in [2.05, 4.69) is 21.5 Å². The van der Waals surface area contributed by atoms with Gasteiger partial charge in [-0.25, -0.2) is 4.99 Å². The number of nitrogens with zero attached hydrogens (tertiary/aromatic N) is 1. The Morgan fingerprint density at radius 3 is 2.67 bits per heavy atom. The number of ether oxygens (including phenoxy) is 3. The number of aliphatic imine (C=N–C) groups is 1. The van der Waals surface area contributed by atoms with Crippen molar-refractivity contribution in [1.29, 1.82) is 0 Å². The highest BCUT2D eigenvalue weighted by Crippen LogP contribution is 2.28. The number of benzene rings is 1. The van der Waals surface area contributed by atoms with Gasteiger partial charge in [0, 0.05) is 20.2 Å². The van der Waals surface area contributed by atoms with E-state index in [-0.39, 0.29) is 30.6 Å². The topological polar surface area (TPSA) is 64.1 Å². The molecule has 1 aromatic carbocycles. The van der Waals surface area contributed by atoms with Crippen LogP contribution in [0.3, 0.4) is 0 Å². The molecule has 0 amide bonds. The fourth-order valence-corrected chi connectivity index (χ4v) is 1.84. The minimum atomic E-state index is 0. The van der Waals surface area contributed by atoms with E-state index >= 15 is 0 Å². The van der Waals surface area contributed by atoms with Crippen molar-refractivity contribution in [1.82, 2.24) is 10.6 Å². The minimum absolute atomic E-state index is 0. The zero-order valence-corrected chi connectivity index (χ0v) is 16.8. The van der Waals surface area contributed by atoms with Gasteiger partial charge in [0.15, 0.2) is 17.5 Å². The van der Waals surface area contributed by atoms with Gasteiger partial charge in [-0.2, -0.15) is 0 Å². The standard InChI is InChI=1S/C17H25N3O3.HI/c1-5-10-23-16-12-14(7-8-15(16)22-4)13-20-17(18-6-2)19-9-11-21-3;/h1,7-8,12H,6,9-11,13H2,2-4H3,(H2,18,19,20);1H. The second-order valence-corrected chi connectivity index (χ2v) is 4.59. The lowest BCUT2D eigenvalue weighted by atomic mass is 10.2. The Kier molecular flexibility index (Phi) is 12.8. The molecule has 0 spiro atoms. The van der Waals surface area contributed by atoms with E-state index in [0.29, 0.717) is 31.2 Å². The third kappa shape index (κ3) is 8.26. The summed E-state index contributed by atoms with van der Waals surface area (Å²) < 4.78 is 15.8. The molecule has 134 valence electrons. The van der Waals surface area contributed by atoms with Crippen molar-refractivity contribution < 1.29 is 14.2 Å². The van der Waals surface area contributed by atoms with Gasteiger partial charge < -0.3 is 24.8 Å². The molecule has 0 atom stereocenters. The number of hydrogen-bond donors (Lipinski definition) is 2. The summed E-state index contributed by atoms with van der Waals surface area (Å²) in [4.78, 5) is 4.53. The monoisotopic (exact) mass is 447 g/mol. The molecule has 2 N–H and O–H groups in total. The van der Waals surface area contributed by atoms with Crippen molar-refractivity contribution in [2.45, 2.75) is 13.5 Å². The zero-order valence-electron chi connectivity index (χ0n) is 14.4. The molecule has 0 aliphatic rings. The Hall–Kier alpha value is -1.66. The first-order valence-electron chi connectivity index (χ1n) is 7.49. The van der Waals surface area contributed by atoms with Crippen molar-refractivity contribution in [3.8, 4) is 23.8 Å². The van der Waals surface area contributed by atoms with E-state index < -0.39 is 0 Å². The van der Waals surface area contributed by atoms with E-state index in [9.17, 15) is 0 Å². The molecule has 0 heterocycles. The molecule has 7 heteroatoms. The van der Waals surface area contributed by atoms with Gasteiger partial charge in [-0.3, -0.25) is 0 Å². The van der Waals surface area contributed by atoms with Crippen LogP contribution in [-0.4, -0.2) is 46.5 Å². The van der Waals surface area contributed by atoms with Gasteiger partial charge in [0.25, 0.3) is 0 Å². The van der Waals surface area contributed by atoms with Gasteiger partial charge >= 0.3 is 0 Å². The number of nitrogens with one attached hydrogen (secondary N) is 2. The Morgan fingerprint density at radius 1 is 1.25 bits per heavy atom. The summed E-state index contributed by atoms with van der Waals surface area (Å²) in [5.41, 5.74) is 1.00. The first-order valence-corrected chi connectivity index (χ1v) is 7.49. The molecule has 24 heavy (non-hydrogen) atoms. The van der Waals surface area contributed by atoms with Crippen LogP contribution in [0.5, 0.6) is 11.5 Å². The van der Waals surface area contributed by atoms with Crippen molar-refractivity contribution in [3.05, 3.63) is 23.8 Å². The largest absolute Gasteiger partial charge is 0.493 e. The van der Waals surface area contributed by atoms with Crippen LogP contribution in [-0.2, 0) is 11.3 Å². The van der Waals surface area contributed by atoms with Crippen LogP contribution in [0.2, 0.25) is 0 Å². The normalized spacial score (nSPS) is 10.3. The first-order chi connectivity index (χ1) is 11.2. The van der Waals surface area contributed by atoms with Crippen LogP contribution in [0.15, 0.2) is 23.2 Å². The third-order valence-corrected chi connectivity index (χ3v) is 2.90. The van der Waals surface area contributed by atoms with Gasteiger partial charge in [-0.15, -0.1) is 30.4 Å². The second kappa shape index (κ2) is 13.7. The molecule has 0 saturated carbocycles. The Morgan fingerprint density at radius 2 is 2.04 bits per heavy atom. The SMILES string of the molecule is C#CCOc1cc(CN=C(NCC)NCCOC)ccc1OC.I. The average molecular weight is 447 g/mol. The molecular formula is C17H26IN3O3. The number of rotatable bonds is 9. The summed E-state index contributed by atoms with van der Waals surface area (Å²) in [5, 5.41) is 6.38. The number of hydrogen-bond acceptors (Lipinski definition) is 4. The van der Waals surface area contributed by atoms with E-state index in [0.717, 1.165) is 18.1 Å². The van der Waals surface area contributed by atoms with E-state index in [1.54, 1.807) is 14.2 Å². The fraction of sp³-hybridized carbons (Fsp3) is 0.471. The molecular weight excluding hydrogens is 421 g/mol. The summed E-state index contributed by atoms with van der Waals surface area (Å²) in [5.74, 6) is 4.46. The number of methoxy groups -OCH3 is 2. The van der Waals surface area contributed by atoms with Crippen LogP contribution in [0.25, 0.3) is 0 Å². The van der Waals surface area contributed by atoms with Crippen LogP contribution >= 0.6 is 24.0 Å². The molecule has 6 nitrogen and oxygen atoms in total. The number of terminal acetylenes is 1. The molecule has 1 aromatic rings. The van der Waals surface area contributed by atoms with Crippen molar-refractivity contribution in [3.63, 3.8) is 0 Å². The Balaban J connectivity index is 0.00000529. The van der Waals surface area contributed by atoms with Crippen molar-refractivity contribution in [2.24, 2.45) is 4.99 Å². The van der Waals surface area contributed by atoms with E-state index in [1.807, 2.05) is 25.1 Å². The highest BCUT2D eigenvalue weighted by atomic mass is 127. The summed E-state index contributed by atoms with van der Waals surface area (Å²) in [6, 6.07) is 5.68. The van der Waals surface area contributed by atoms with Crippen molar-refractivity contribution in [2.75, 3.05) is 40.5 Å². The van der Waals surface area contributed by atoms with E-state index in [4.69, 9.17) is 20.6 Å². The molecule has 0 fully saturated rings. The summed E-state index contributed by atoms with van der Waals surface area (Å²) in [6.07, 6.45) is 5.23. The molecule has 1 rings (SSSR count). The smallest absolute Gasteiger partial charge is 0.191 e. The predicted molar refractivity (Wildman–Crippen MR) is 107 cm³/mol. The average Bonchev–Trinajstić information content (AvgIpc) is 2.58. The molecule has 0 aliphatic carbocycles. The third-order valence-electron chi connectivity index (χ3n) is 2.90. The van der Waals surface area contributed by atoms with Crippen LogP contribution in [0, 0.1) is 12.3 Å². The molecule has 0 saturated heterocycles. The van der Waals surface area contributed by atoms with Crippen LogP contribution in [0.4, 0.5) is 0 Å². The lowest BCUT2D eigenvalue weighted by Crippen LogP contribution is -2.38. The maximum Gasteiger partial charge on any atom is 0.191 e. The summed E-state index contributed by atoms with van der Waals surface area (Å²) in [6.45, 7) is 4.84. The Labute approximate surface area is 161 Å². The first kappa shape index (κ1) is 22.3. The fourth-order valence-electron chi connectivity index (χ4n) is 1.84. The molecule has 0 unspecified atom stereocenters. The molecule has 0 bridgehead atoms. The molecule has 0 radical (unpaired) electrons. The van der Waals surface area contributed by atoms with E-state index in [1.165, 1.54) is 0 Å². The van der Waals surface area contributed by atoms with Gasteiger partial charge in [0.05, 0.1) is 20.3 Å². The van der Waals surface area contributed by atoms with Gasteiger partial charge in [-0.05, 0) is 24.6 Å². The van der Waals surface area contributed by atoms with Gasteiger partial charge in [-0.1, -0.05) is 12.0 Å². The highest BCUT2D eigenvalue weighted by molar-refractivity contribution is 14.0. The predicted octanol–water partition coefficient (Wildman–Crippen LogP) is 2.03. The van der Waals surface area contributed by atoms with Gasteiger partial charge in [0.2, 0.25) is 0 Å². The van der Waals surface area contributed by atoms with Crippen LogP contribution < -0.4 is 20.1 Å². The lowest BCUT2D eigenvalue weighted by molar-refractivity contribution is 0.203. The lowest BCUT2D eigenvalue weighted by Gasteiger charge is -2.12. The number of halogens is 1. The second-order valence-electron chi connectivity index (χ2n) is 4.59. The molecule has 0 aromatic heterocycles. The summed E-state index contributed by atoms with van der Waals surface area (Å²) in [7, 11) is 3.26. The maximum absolute atomic E-state index is 5.49. The maximum atomic E-state index is 5.49. The molecule has 0 aliphatic heterocycles. The summed E-state index contributed by atoms with van der Waals surface area (Å²) >= 11 is 0. The van der Waals surface area contributed by atoms with Crippen molar-refractivity contribution >= 4 is 29.9 Å².